The number of hydrogen-bond donors (Lipinski definition) is 5. The monoisotopic (exact) mass is 453 g/mol. The van der Waals surface area contributed by atoms with Gasteiger partial charge in [0.05, 0.1) is 4.92 Å². The number of aromatic nitrogens is 4. The summed E-state index contributed by atoms with van der Waals surface area (Å²) < 4.78 is 0. The van der Waals surface area contributed by atoms with E-state index in [1.807, 2.05) is 30.3 Å². The molecule has 0 saturated carbocycles. The molecule has 172 valence electrons. The number of amides is 2. The third-order valence-electron chi connectivity index (χ3n) is 4.31. The lowest BCUT2D eigenvalue weighted by Crippen LogP contribution is -2.29. The van der Waals surface area contributed by atoms with Crippen LogP contribution in [-0.2, 0) is 4.79 Å². The highest BCUT2D eigenvalue weighted by Gasteiger charge is 2.22. The SMILES string of the molecule is CC(=O)NCCNc1cc(NCCNC(=O)c2n[nH]cc2[N+](=O)[O-])nc(-c2ccccc2)n1. The minimum absolute atomic E-state index is 0.117. The number of hydrogen-bond acceptors (Lipinski definition) is 9. The standard InChI is InChI=1S/C20H23N9O4/c1-13(30)21-7-8-22-16-11-17(27-19(26-16)14-5-3-2-4-6-14)23-9-10-24-20(31)18-15(29(32)33)12-25-28-18/h2-6,11-12H,7-10H2,1H3,(H,21,30)(H,24,31)(H,25,28)(H2,22,23,26,27). The van der Waals surface area contributed by atoms with Crippen LogP contribution in [0.3, 0.4) is 0 Å². The molecule has 0 fully saturated rings. The molecule has 0 unspecified atom stereocenters. The van der Waals surface area contributed by atoms with E-state index in [9.17, 15) is 19.7 Å². The summed E-state index contributed by atoms with van der Waals surface area (Å²) in [4.78, 5) is 42.4. The third kappa shape index (κ3) is 6.72. The van der Waals surface area contributed by atoms with Crippen molar-refractivity contribution in [3.05, 3.63) is 58.4 Å². The zero-order valence-electron chi connectivity index (χ0n) is 17.8. The molecule has 0 aliphatic heterocycles. The van der Waals surface area contributed by atoms with Gasteiger partial charge in [0.25, 0.3) is 5.91 Å². The molecular weight excluding hydrogens is 430 g/mol. The summed E-state index contributed by atoms with van der Waals surface area (Å²) in [6.45, 7) is 2.85. The van der Waals surface area contributed by atoms with Gasteiger partial charge in [-0.3, -0.25) is 24.8 Å². The summed E-state index contributed by atoms with van der Waals surface area (Å²) in [5.74, 6) is 0.810. The molecule has 0 atom stereocenters. The van der Waals surface area contributed by atoms with Crippen LogP contribution in [0.15, 0.2) is 42.6 Å². The number of rotatable bonds is 11. The first-order valence-electron chi connectivity index (χ1n) is 10.1. The first-order valence-corrected chi connectivity index (χ1v) is 10.1. The van der Waals surface area contributed by atoms with Crippen LogP contribution in [0.2, 0.25) is 0 Å². The van der Waals surface area contributed by atoms with Crippen molar-refractivity contribution in [2.45, 2.75) is 6.92 Å². The zero-order chi connectivity index (χ0) is 23.6. The Hall–Kier alpha value is -4.55. The average molecular weight is 453 g/mol. The topological polar surface area (TPSA) is 180 Å². The number of anilines is 2. The van der Waals surface area contributed by atoms with Gasteiger partial charge >= 0.3 is 5.69 Å². The lowest BCUT2D eigenvalue weighted by Gasteiger charge is -2.12. The maximum Gasteiger partial charge on any atom is 0.319 e. The van der Waals surface area contributed by atoms with Crippen molar-refractivity contribution in [2.75, 3.05) is 36.8 Å². The van der Waals surface area contributed by atoms with Crippen LogP contribution in [0.1, 0.15) is 17.4 Å². The van der Waals surface area contributed by atoms with Gasteiger partial charge in [-0.25, -0.2) is 9.97 Å². The van der Waals surface area contributed by atoms with Crippen LogP contribution in [0, 0.1) is 10.1 Å². The third-order valence-corrected chi connectivity index (χ3v) is 4.31. The normalized spacial score (nSPS) is 10.3. The van der Waals surface area contributed by atoms with Gasteiger partial charge in [-0.2, -0.15) is 5.10 Å². The second-order valence-electron chi connectivity index (χ2n) is 6.80. The number of nitrogens with one attached hydrogen (secondary N) is 5. The van der Waals surface area contributed by atoms with Gasteiger partial charge in [-0.15, -0.1) is 0 Å². The van der Waals surface area contributed by atoms with E-state index in [0.717, 1.165) is 11.8 Å². The summed E-state index contributed by atoms with van der Waals surface area (Å²) in [6.07, 6.45) is 1.06. The van der Waals surface area contributed by atoms with Gasteiger partial charge in [-0.05, 0) is 0 Å². The number of aromatic amines is 1. The molecule has 3 aromatic rings. The minimum Gasteiger partial charge on any atom is -0.368 e. The van der Waals surface area contributed by atoms with E-state index in [2.05, 4.69) is 41.4 Å². The van der Waals surface area contributed by atoms with Crippen molar-refractivity contribution in [3.8, 4) is 11.4 Å². The highest BCUT2D eigenvalue weighted by Crippen LogP contribution is 2.20. The zero-order valence-corrected chi connectivity index (χ0v) is 17.8. The largest absolute Gasteiger partial charge is 0.368 e. The molecule has 2 heterocycles. The van der Waals surface area contributed by atoms with Crippen LogP contribution in [0.5, 0.6) is 0 Å². The van der Waals surface area contributed by atoms with Crippen LogP contribution in [0.4, 0.5) is 17.3 Å². The molecule has 0 radical (unpaired) electrons. The van der Waals surface area contributed by atoms with E-state index < -0.39 is 16.5 Å². The maximum absolute atomic E-state index is 12.1. The van der Waals surface area contributed by atoms with Crippen LogP contribution < -0.4 is 21.3 Å². The number of nitro groups is 1. The summed E-state index contributed by atoms with van der Waals surface area (Å²) in [5.41, 5.74) is 0.156. The van der Waals surface area contributed by atoms with Crippen LogP contribution >= 0.6 is 0 Å². The summed E-state index contributed by atoms with van der Waals surface area (Å²) in [6, 6.07) is 11.1. The van der Waals surface area contributed by atoms with Crippen molar-refractivity contribution in [3.63, 3.8) is 0 Å². The predicted octanol–water partition coefficient (Wildman–Crippen LogP) is 1.16. The minimum atomic E-state index is -0.677. The fourth-order valence-electron chi connectivity index (χ4n) is 2.81. The van der Waals surface area contributed by atoms with Gasteiger partial charge in [0.1, 0.15) is 17.8 Å². The molecule has 13 nitrogen and oxygen atoms in total. The van der Waals surface area contributed by atoms with Crippen LogP contribution in [0.25, 0.3) is 11.4 Å². The predicted molar refractivity (Wildman–Crippen MR) is 121 cm³/mol. The fourth-order valence-corrected chi connectivity index (χ4v) is 2.81. The van der Waals surface area contributed by atoms with Crippen LogP contribution in [-0.4, -0.2) is 63.1 Å². The van der Waals surface area contributed by atoms with Crippen molar-refractivity contribution in [2.24, 2.45) is 0 Å². The van der Waals surface area contributed by atoms with Crippen molar-refractivity contribution in [1.82, 2.24) is 30.8 Å². The lowest BCUT2D eigenvalue weighted by atomic mass is 10.2. The molecule has 5 N–H and O–H groups in total. The molecular formula is C20H23N9O4. The quantitative estimate of drug-likeness (QED) is 0.162. The Balaban J connectivity index is 1.62. The molecule has 33 heavy (non-hydrogen) atoms. The smallest absolute Gasteiger partial charge is 0.319 e. The molecule has 0 aliphatic rings. The molecule has 2 amide bonds. The van der Waals surface area contributed by atoms with Gasteiger partial charge in [0.15, 0.2) is 5.82 Å². The van der Waals surface area contributed by atoms with E-state index in [1.54, 1.807) is 6.07 Å². The Morgan fingerprint density at radius 1 is 1.00 bits per heavy atom. The second kappa shape index (κ2) is 11.2. The van der Waals surface area contributed by atoms with Gasteiger partial charge in [-0.1, -0.05) is 30.3 Å². The fraction of sp³-hybridized carbons (Fsp3) is 0.250. The molecule has 3 rings (SSSR count). The second-order valence-corrected chi connectivity index (χ2v) is 6.80. The van der Waals surface area contributed by atoms with E-state index >= 15 is 0 Å². The highest BCUT2D eigenvalue weighted by molar-refractivity contribution is 5.95. The molecule has 0 spiro atoms. The molecule has 1 aromatic carbocycles. The summed E-state index contributed by atoms with van der Waals surface area (Å²) in [7, 11) is 0. The first kappa shape index (κ1) is 23.1. The van der Waals surface area contributed by atoms with Gasteiger partial charge in [0.2, 0.25) is 11.6 Å². The molecule has 0 aliphatic carbocycles. The van der Waals surface area contributed by atoms with Crippen molar-refractivity contribution >= 4 is 29.1 Å². The summed E-state index contributed by atoms with van der Waals surface area (Å²) >= 11 is 0. The molecule has 13 heteroatoms. The number of nitrogens with zero attached hydrogens (tertiary/aromatic N) is 4. The van der Waals surface area contributed by atoms with E-state index in [-0.39, 0.29) is 18.1 Å². The number of benzene rings is 1. The Morgan fingerprint density at radius 2 is 1.64 bits per heavy atom. The van der Waals surface area contributed by atoms with E-state index in [1.165, 1.54) is 6.92 Å². The Kier molecular flexibility index (Phi) is 7.83. The van der Waals surface area contributed by atoms with E-state index in [4.69, 9.17) is 0 Å². The lowest BCUT2D eigenvalue weighted by molar-refractivity contribution is -0.385. The van der Waals surface area contributed by atoms with Crippen molar-refractivity contribution < 1.29 is 14.5 Å². The summed E-state index contributed by atoms with van der Waals surface area (Å²) in [5, 5.41) is 28.4. The Labute approximate surface area is 188 Å². The number of carbonyl (C=O) groups is 2. The number of H-pyrrole nitrogens is 1. The molecule has 0 saturated heterocycles. The highest BCUT2D eigenvalue weighted by atomic mass is 16.6. The average Bonchev–Trinajstić information content (AvgIpc) is 3.30. The van der Waals surface area contributed by atoms with E-state index in [0.29, 0.717) is 37.1 Å². The Morgan fingerprint density at radius 3 is 2.24 bits per heavy atom. The maximum atomic E-state index is 12.1. The molecule has 0 bridgehead atoms. The van der Waals surface area contributed by atoms with Crippen molar-refractivity contribution in [1.29, 1.82) is 0 Å². The Bertz CT molecular complexity index is 1120. The van der Waals surface area contributed by atoms with Gasteiger partial charge in [0, 0.05) is 44.7 Å². The molecule has 2 aromatic heterocycles. The van der Waals surface area contributed by atoms with Gasteiger partial charge < -0.3 is 21.3 Å². The first-order chi connectivity index (χ1) is 15.9. The number of carbonyl (C=O) groups excluding carboxylic acids is 2.